The lowest BCUT2D eigenvalue weighted by atomic mass is 9.85. The zero-order chi connectivity index (χ0) is 22.3. The molecule has 0 radical (unpaired) electrons. The number of fused-ring (bicyclic) bond motifs is 1. The maximum Gasteiger partial charge on any atom is 0.407 e. The molecule has 0 aromatic heterocycles. The first-order chi connectivity index (χ1) is 15.6. The van der Waals surface area contributed by atoms with E-state index in [4.69, 9.17) is 9.47 Å². The summed E-state index contributed by atoms with van der Waals surface area (Å²) in [6, 6.07) is 4.83. The molecular weight excluding hydrogens is 413 g/mol. The molecule has 1 unspecified atom stereocenters. The number of carbonyl (C=O) groups is 2. The number of anilines is 1. The van der Waals surface area contributed by atoms with Gasteiger partial charge < -0.3 is 24.6 Å². The Morgan fingerprint density at radius 1 is 1.16 bits per heavy atom. The predicted octanol–water partition coefficient (Wildman–Crippen LogP) is 3.11. The van der Waals surface area contributed by atoms with Gasteiger partial charge in [0.15, 0.2) is 6.10 Å². The fourth-order valence-corrected chi connectivity index (χ4v) is 5.05. The number of benzene rings is 1. The minimum Gasteiger partial charge on any atom is -0.436 e. The highest BCUT2D eigenvalue weighted by Crippen LogP contribution is 2.29. The number of ether oxygens (including phenoxy) is 2. The Morgan fingerprint density at radius 3 is 2.72 bits per heavy atom. The van der Waals surface area contributed by atoms with Crippen LogP contribution in [0.4, 0.5) is 14.9 Å². The van der Waals surface area contributed by atoms with Crippen molar-refractivity contribution in [3.05, 3.63) is 29.6 Å². The SMILES string of the molecule is O=C(NCCN1CCc2cc(F)ccc21)OC(CC1CCCCC1)C(=O)N1CCOCC1. The van der Waals surface area contributed by atoms with Crippen LogP contribution in [-0.4, -0.2) is 68.9 Å². The lowest BCUT2D eigenvalue weighted by Crippen LogP contribution is -2.48. The van der Waals surface area contributed by atoms with Gasteiger partial charge in [-0.1, -0.05) is 32.1 Å². The summed E-state index contributed by atoms with van der Waals surface area (Å²) in [6.45, 7) is 3.94. The Balaban J connectivity index is 1.29. The standard InChI is InChI=1S/C24H34FN3O4/c25-20-6-7-21-19(17-20)8-10-27(21)11-9-26-24(30)32-22(16-18-4-2-1-3-5-18)23(29)28-12-14-31-15-13-28/h6-7,17-18,22H,1-5,8-16H2,(H,26,30). The maximum absolute atomic E-state index is 13.4. The van der Waals surface area contributed by atoms with Gasteiger partial charge in [0.25, 0.3) is 5.91 Å². The summed E-state index contributed by atoms with van der Waals surface area (Å²) < 4.78 is 24.4. The van der Waals surface area contributed by atoms with Crippen molar-refractivity contribution >= 4 is 17.7 Å². The fraction of sp³-hybridized carbons (Fsp3) is 0.667. The van der Waals surface area contributed by atoms with Crippen LogP contribution in [0.25, 0.3) is 0 Å². The molecule has 7 nitrogen and oxygen atoms in total. The molecule has 1 saturated carbocycles. The Kier molecular flexibility index (Phi) is 7.84. The first-order valence-corrected chi connectivity index (χ1v) is 11.9. The topological polar surface area (TPSA) is 71.1 Å². The molecule has 1 aliphatic carbocycles. The number of halogens is 1. The van der Waals surface area contributed by atoms with Crippen molar-refractivity contribution in [2.75, 3.05) is 50.8 Å². The molecule has 1 N–H and O–H groups in total. The van der Waals surface area contributed by atoms with E-state index in [1.807, 2.05) is 0 Å². The van der Waals surface area contributed by atoms with Crippen LogP contribution in [-0.2, 0) is 20.7 Å². The lowest BCUT2D eigenvalue weighted by molar-refractivity contribution is -0.145. The maximum atomic E-state index is 13.4. The molecule has 1 saturated heterocycles. The number of nitrogens with one attached hydrogen (secondary N) is 1. The molecule has 1 aromatic carbocycles. The normalized spacial score (nSPS) is 20.0. The molecule has 1 atom stereocenters. The molecule has 4 rings (SSSR count). The van der Waals surface area contributed by atoms with Crippen LogP contribution in [0.3, 0.4) is 0 Å². The van der Waals surface area contributed by atoms with Crippen molar-refractivity contribution in [1.82, 2.24) is 10.2 Å². The van der Waals surface area contributed by atoms with E-state index >= 15 is 0 Å². The van der Waals surface area contributed by atoms with Crippen LogP contribution >= 0.6 is 0 Å². The third-order valence-electron chi connectivity index (χ3n) is 6.80. The number of carbonyl (C=O) groups excluding carboxylic acids is 2. The number of hydrogen-bond acceptors (Lipinski definition) is 5. The molecule has 1 aromatic rings. The molecule has 176 valence electrons. The Labute approximate surface area is 189 Å². The summed E-state index contributed by atoms with van der Waals surface area (Å²) in [5.74, 6) is 0.0961. The van der Waals surface area contributed by atoms with E-state index in [-0.39, 0.29) is 11.7 Å². The van der Waals surface area contributed by atoms with Crippen LogP contribution in [0.1, 0.15) is 44.1 Å². The molecule has 3 aliphatic rings. The smallest absolute Gasteiger partial charge is 0.407 e. The molecule has 0 bridgehead atoms. The molecule has 2 aliphatic heterocycles. The second-order valence-corrected chi connectivity index (χ2v) is 9.01. The van der Waals surface area contributed by atoms with Crippen LogP contribution in [0, 0.1) is 11.7 Å². The molecule has 2 fully saturated rings. The highest BCUT2D eigenvalue weighted by atomic mass is 19.1. The Bertz CT molecular complexity index is 793. The largest absolute Gasteiger partial charge is 0.436 e. The van der Waals surface area contributed by atoms with Crippen molar-refractivity contribution < 1.29 is 23.5 Å². The first-order valence-electron chi connectivity index (χ1n) is 11.9. The van der Waals surface area contributed by atoms with Gasteiger partial charge in [-0.15, -0.1) is 0 Å². The second kappa shape index (κ2) is 11.0. The zero-order valence-corrected chi connectivity index (χ0v) is 18.7. The number of morpholine rings is 1. The van der Waals surface area contributed by atoms with E-state index in [0.717, 1.165) is 37.1 Å². The van der Waals surface area contributed by atoms with Crippen molar-refractivity contribution in [3.63, 3.8) is 0 Å². The summed E-state index contributed by atoms with van der Waals surface area (Å²) in [7, 11) is 0. The third-order valence-corrected chi connectivity index (χ3v) is 6.80. The second-order valence-electron chi connectivity index (χ2n) is 9.01. The average molecular weight is 448 g/mol. The predicted molar refractivity (Wildman–Crippen MR) is 119 cm³/mol. The summed E-state index contributed by atoms with van der Waals surface area (Å²) in [4.78, 5) is 29.5. The van der Waals surface area contributed by atoms with E-state index in [9.17, 15) is 14.0 Å². The Hall–Kier alpha value is -2.35. The van der Waals surface area contributed by atoms with Gasteiger partial charge in [-0.25, -0.2) is 9.18 Å². The van der Waals surface area contributed by atoms with Crippen LogP contribution in [0.15, 0.2) is 18.2 Å². The van der Waals surface area contributed by atoms with Crippen molar-refractivity contribution in [3.8, 4) is 0 Å². The van der Waals surface area contributed by atoms with E-state index < -0.39 is 12.2 Å². The molecule has 2 heterocycles. The van der Waals surface area contributed by atoms with E-state index in [1.54, 1.807) is 17.0 Å². The summed E-state index contributed by atoms with van der Waals surface area (Å²) in [5.41, 5.74) is 2.01. The minimum absolute atomic E-state index is 0.107. The molecule has 8 heteroatoms. The van der Waals surface area contributed by atoms with Crippen molar-refractivity contribution in [2.45, 2.75) is 51.0 Å². The Morgan fingerprint density at radius 2 is 1.94 bits per heavy atom. The summed E-state index contributed by atoms with van der Waals surface area (Å²) in [6.07, 6.45) is 5.88. The quantitative estimate of drug-likeness (QED) is 0.696. The minimum atomic E-state index is -0.744. The average Bonchev–Trinajstić information content (AvgIpc) is 3.21. The highest BCUT2D eigenvalue weighted by molar-refractivity contribution is 5.83. The highest BCUT2D eigenvalue weighted by Gasteiger charge is 2.32. The number of alkyl carbamates (subject to hydrolysis) is 1. The summed E-state index contributed by atoms with van der Waals surface area (Å²) >= 11 is 0. The van der Waals surface area contributed by atoms with Gasteiger partial charge in [0.05, 0.1) is 13.2 Å². The monoisotopic (exact) mass is 447 g/mol. The first kappa shape index (κ1) is 22.8. The number of hydrogen-bond donors (Lipinski definition) is 1. The van der Waals surface area contributed by atoms with Crippen LogP contribution in [0.2, 0.25) is 0 Å². The molecule has 0 spiro atoms. The van der Waals surface area contributed by atoms with E-state index in [2.05, 4.69) is 10.2 Å². The fourth-order valence-electron chi connectivity index (χ4n) is 5.05. The van der Waals surface area contributed by atoms with Crippen LogP contribution < -0.4 is 10.2 Å². The number of nitrogens with zero attached hydrogens (tertiary/aromatic N) is 2. The van der Waals surface area contributed by atoms with Gasteiger partial charge in [-0.05, 0) is 42.5 Å². The van der Waals surface area contributed by atoms with Gasteiger partial charge >= 0.3 is 6.09 Å². The molecular formula is C24H34FN3O4. The molecule has 32 heavy (non-hydrogen) atoms. The van der Waals surface area contributed by atoms with E-state index in [1.165, 1.54) is 25.3 Å². The van der Waals surface area contributed by atoms with E-state index in [0.29, 0.717) is 51.7 Å². The van der Waals surface area contributed by atoms with Crippen molar-refractivity contribution in [2.24, 2.45) is 5.92 Å². The zero-order valence-electron chi connectivity index (χ0n) is 18.7. The molecule has 2 amide bonds. The van der Waals surface area contributed by atoms with Gasteiger partial charge in [-0.3, -0.25) is 4.79 Å². The lowest BCUT2D eigenvalue weighted by Gasteiger charge is -2.32. The summed E-state index contributed by atoms with van der Waals surface area (Å²) in [5, 5.41) is 2.80. The van der Waals surface area contributed by atoms with Gasteiger partial charge in [-0.2, -0.15) is 0 Å². The third kappa shape index (κ3) is 5.91. The van der Waals surface area contributed by atoms with Crippen LogP contribution in [0.5, 0.6) is 0 Å². The van der Waals surface area contributed by atoms with Gasteiger partial charge in [0.2, 0.25) is 0 Å². The van der Waals surface area contributed by atoms with Gasteiger partial charge in [0.1, 0.15) is 5.82 Å². The number of rotatable bonds is 7. The number of amides is 2. The van der Waals surface area contributed by atoms with Crippen molar-refractivity contribution in [1.29, 1.82) is 0 Å². The van der Waals surface area contributed by atoms with Gasteiger partial charge in [0, 0.05) is 38.4 Å².